The number of carbonyl (C=O) groups excluding carboxylic acids is 2. The van der Waals surface area contributed by atoms with Crippen LogP contribution in [0.4, 0.5) is 0 Å². The Bertz CT molecular complexity index is 1270. The Morgan fingerprint density at radius 2 is 1.37 bits per heavy atom. The fourth-order valence-corrected chi connectivity index (χ4v) is 4.11. The lowest BCUT2D eigenvalue weighted by atomic mass is 10.00. The number of carbonyl (C=O) groups is 2. The molecule has 0 N–H and O–H groups in total. The van der Waals surface area contributed by atoms with Crippen molar-refractivity contribution < 1.29 is 23.8 Å². The normalized spacial score (nSPS) is 18.9. The second kappa shape index (κ2) is 10.4. The molecule has 35 heavy (non-hydrogen) atoms. The molecule has 0 unspecified atom stereocenters. The van der Waals surface area contributed by atoms with E-state index in [-0.39, 0.29) is 13.2 Å². The maximum atomic E-state index is 13.0. The van der Waals surface area contributed by atoms with E-state index in [1.165, 1.54) is 0 Å². The fraction of sp³-hybridized carbons (Fsp3) is 0.179. The highest BCUT2D eigenvalue weighted by Gasteiger charge is 2.43. The van der Waals surface area contributed by atoms with Gasteiger partial charge in [-0.15, -0.1) is 0 Å². The number of hydrogen-bond acceptors (Lipinski definition) is 6. The molecule has 0 bridgehead atoms. The Morgan fingerprint density at radius 1 is 0.800 bits per heavy atom. The lowest BCUT2D eigenvalue weighted by Crippen LogP contribution is -2.47. The topological polar surface area (TPSA) is 79.7 Å². The summed E-state index contributed by atoms with van der Waals surface area (Å²) >= 11 is 0. The maximum absolute atomic E-state index is 13.0. The second-order valence-corrected chi connectivity index (χ2v) is 8.23. The van der Waals surface area contributed by atoms with Gasteiger partial charge in [0, 0.05) is 0 Å². The predicted octanol–water partition coefficient (Wildman–Crippen LogP) is 4.61. The van der Waals surface area contributed by atoms with Crippen LogP contribution in [0.2, 0.25) is 0 Å². The first kappa shape index (κ1) is 22.6. The number of nitrogens with zero attached hydrogens (tertiary/aromatic N) is 2. The van der Waals surface area contributed by atoms with Gasteiger partial charge in [-0.1, -0.05) is 66.7 Å². The third-order valence-electron chi connectivity index (χ3n) is 5.87. The molecule has 3 atom stereocenters. The van der Waals surface area contributed by atoms with Crippen molar-refractivity contribution in [2.45, 2.75) is 31.5 Å². The van der Waals surface area contributed by atoms with Crippen LogP contribution in [0.25, 0.3) is 0 Å². The van der Waals surface area contributed by atoms with Gasteiger partial charge in [0.05, 0.1) is 42.5 Å². The number of imidazole rings is 1. The molecule has 1 aliphatic heterocycles. The van der Waals surface area contributed by atoms with E-state index in [1.54, 1.807) is 61.1 Å². The van der Waals surface area contributed by atoms with Crippen LogP contribution in [0.15, 0.2) is 104 Å². The average molecular weight is 469 g/mol. The van der Waals surface area contributed by atoms with Gasteiger partial charge < -0.3 is 18.8 Å². The van der Waals surface area contributed by atoms with Crippen LogP contribution in [0.1, 0.15) is 38.1 Å². The number of rotatable bonds is 7. The smallest absolute Gasteiger partial charge is 0.338 e. The van der Waals surface area contributed by atoms with Crippen molar-refractivity contribution in [3.05, 3.63) is 126 Å². The first-order valence-electron chi connectivity index (χ1n) is 11.4. The molecule has 1 aliphatic rings. The van der Waals surface area contributed by atoms with Crippen molar-refractivity contribution in [1.82, 2.24) is 9.55 Å². The van der Waals surface area contributed by atoms with E-state index < -0.39 is 30.3 Å². The molecular formula is C28H24N2O5. The van der Waals surface area contributed by atoms with Crippen molar-refractivity contribution in [1.29, 1.82) is 0 Å². The van der Waals surface area contributed by atoms with E-state index in [9.17, 15) is 9.59 Å². The van der Waals surface area contributed by atoms with Crippen molar-refractivity contribution in [2.24, 2.45) is 0 Å². The summed E-state index contributed by atoms with van der Waals surface area (Å²) < 4.78 is 20.0. The summed E-state index contributed by atoms with van der Waals surface area (Å²) in [5, 5.41) is 0. The lowest BCUT2D eigenvalue weighted by Gasteiger charge is -2.37. The van der Waals surface area contributed by atoms with Crippen LogP contribution in [-0.2, 0) is 27.4 Å². The van der Waals surface area contributed by atoms with Gasteiger partial charge >= 0.3 is 11.9 Å². The molecule has 7 nitrogen and oxygen atoms in total. The fourth-order valence-electron chi connectivity index (χ4n) is 4.11. The van der Waals surface area contributed by atoms with Gasteiger partial charge in [0.15, 0.2) is 12.2 Å². The number of fused-ring (bicyclic) bond motifs is 1. The predicted molar refractivity (Wildman–Crippen MR) is 127 cm³/mol. The van der Waals surface area contributed by atoms with Crippen molar-refractivity contribution in [2.75, 3.05) is 0 Å². The molecule has 0 amide bonds. The molecule has 7 heteroatoms. The molecule has 0 saturated carbocycles. The minimum absolute atomic E-state index is 0.284. The Kier molecular flexibility index (Phi) is 6.68. The number of esters is 2. The van der Waals surface area contributed by atoms with Gasteiger partial charge in [0.1, 0.15) is 6.10 Å². The Labute approximate surface area is 202 Å². The van der Waals surface area contributed by atoms with Crippen LogP contribution in [0, 0.1) is 0 Å². The molecule has 176 valence electrons. The molecule has 0 spiro atoms. The summed E-state index contributed by atoms with van der Waals surface area (Å²) in [4.78, 5) is 30.2. The maximum Gasteiger partial charge on any atom is 0.338 e. The molecule has 1 aromatic heterocycles. The molecule has 0 saturated heterocycles. The summed E-state index contributed by atoms with van der Waals surface area (Å²) in [5.41, 5.74) is 2.54. The number of ether oxygens (including phenoxy) is 3. The van der Waals surface area contributed by atoms with Crippen LogP contribution >= 0.6 is 0 Å². The van der Waals surface area contributed by atoms with Crippen LogP contribution in [-0.4, -0.2) is 33.7 Å². The first-order chi connectivity index (χ1) is 17.2. The number of benzene rings is 3. The van der Waals surface area contributed by atoms with Gasteiger partial charge in [-0.2, -0.15) is 0 Å². The zero-order valence-corrected chi connectivity index (χ0v) is 18.9. The molecule has 3 aromatic carbocycles. The van der Waals surface area contributed by atoms with Gasteiger partial charge in [0.2, 0.25) is 0 Å². The minimum atomic E-state index is -0.872. The third-order valence-corrected chi connectivity index (χ3v) is 5.87. The minimum Gasteiger partial charge on any atom is -0.453 e. The highest BCUT2D eigenvalue weighted by molar-refractivity contribution is 5.90. The zero-order chi connectivity index (χ0) is 24.0. The third kappa shape index (κ3) is 5.15. The summed E-state index contributed by atoms with van der Waals surface area (Å²) in [6, 6.07) is 27.2. The summed E-state index contributed by atoms with van der Waals surface area (Å²) in [6.07, 6.45) is 1.01. The van der Waals surface area contributed by atoms with Crippen LogP contribution in [0.3, 0.4) is 0 Å². The van der Waals surface area contributed by atoms with E-state index in [2.05, 4.69) is 4.98 Å². The quantitative estimate of drug-likeness (QED) is 0.369. The molecular weight excluding hydrogens is 444 g/mol. The van der Waals surface area contributed by atoms with Crippen molar-refractivity contribution >= 4 is 11.9 Å². The standard InChI is InChI=1S/C28H24N2O5/c31-27(21-12-6-2-7-13-21)34-24-17-30-19-29-16-23(30)25(33-18-20-10-4-1-5-11-20)26(24)35-28(32)22-14-8-3-9-15-22/h1-16,19,24-26H,17-18H2/t24-,25+,26-/m0/s1. The highest BCUT2D eigenvalue weighted by Crippen LogP contribution is 2.34. The molecule has 0 aliphatic carbocycles. The largest absolute Gasteiger partial charge is 0.453 e. The number of hydrogen-bond donors (Lipinski definition) is 0. The summed E-state index contributed by atoms with van der Waals surface area (Å²) in [7, 11) is 0. The van der Waals surface area contributed by atoms with Crippen molar-refractivity contribution in [3.63, 3.8) is 0 Å². The van der Waals surface area contributed by atoms with E-state index in [0.29, 0.717) is 11.1 Å². The van der Waals surface area contributed by atoms with Gasteiger partial charge in [-0.25, -0.2) is 14.6 Å². The molecule has 4 aromatic rings. The first-order valence-corrected chi connectivity index (χ1v) is 11.4. The SMILES string of the molecule is O=C(O[C@H]1[C@@H](OC(=O)c2ccccc2)Cn2cncc2[C@H]1OCc1ccccc1)c1ccccc1. The van der Waals surface area contributed by atoms with Crippen LogP contribution in [0.5, 0.6) is 0 Å². The van der Waals surface area contributed by atoms with Gasteiger partial charge in [0.25, 0.3) is 0 Å². The molecule has 5 rings (SSSR count). The average Bonchev–Trinajstić information content (AvgIpc) is 3.38. The number of aromatic nitrogens is 2. The molecule has 2 heterocycles. The lowest BCUT2D eigenvalue weighted by molar-refractivity contribution is -0.127. The van der Waals surface area contributed by atoms with Crippen LogP contribution < -0.4 is 0 Å². The monoisotopic (exact) mass is 468 g/mol. The summed E-state index contributed by atoms with van der Waals surface area (Å²) in [5.74, 6) is -1.01. The van der Waals surface area contributed by atoms with E-state index >= 15 is 0 Å². The van der Waals surface area contributed by atoms with E-state index in [1.807, 2.05) is 47.0 Å². The van der Waals surface area contributed by atoms with E-state index in [0.717, 1.165) is 11.3 Å². The highest BCUT2D eigenvalue weighted by atomic mass is 16.6. The van der Waals surface area contributed by atoms with Gasteiger partial charge in [-0.3, -0.25) is 0 Å². The Hall–Kier alpha value is -4.23. The second-order valence-electron chi connectivity index (χ2n) is 8.23. The summed E-state index contributed by atoms with van der Waals surface area (Å²) in [6.45, 7) is 0.571. The Morgan fingerprint density at radius 3 is 2.00 bits per heavy atom. The van der Waals surface area contributed by atoms with E-state index in [4.69, 9.17) is 14.2 Å². The molecule has 0 radical (unpaired) electrons. The van der Waals surface area contributed by atoms with Crippen molar-refractivity contribution in [3.8, 4) is 0 Å². The molecule has 0 fully saturated rings. The zero-order valence-electron chi connectivity index (χ0n) is 18.9. The van der Waals surface area contributed by atoms with Gasteiger partial charge in [-0.05, 0) is 29.8 Å². The Balaban J connectivity index is 1.45.